The van der Waals surface area contributed by atoms with Crippen molar-refractivity contribution < 1.29 is 19.1 Å². The Hall–Kier alpha value is -3.79. The quantitative estimate of drug-likeness (QED) is 0.517. The molecule has 2 aromatic carbocycles. The van der Waals surface area contributed by atoms with Crippen LogP contribution in [-0.2, 0) is 9.59 Å². The number of anilines is 1. The maximum Gasteiger partial charge on any atom is 0.266 e. The van der Waals surface area contributed by atoms with E-state index in [9.17, 15) is 14.9 Å². The fraction of sp³-hybridized carbons (Fsp3) is 0.292. The number of nitriles is 1. The van der Waals surface area contributed by atoms with E-state index in [0.29, 0.717) is 29.4 Å². The molecule has 2 amide bonds. The molecule has 0 heterocycles. The van der Waals surface area contributed by atoms with Crippen molar-refractivity contribution in [1.29, 1.82) is 5.26 Å². The lowest BCUT2D eigenvalue weighted by Gasteiger charge is -2.20. The first-order chi connectivity index (χ1) is 14.8. The van der Waals surface area contributed by atoms with Gasteiger partial charge in [-0.2, -0.15) is 5.26 Å². The number of aryl methyl sites for hydroxylation is 1. The van der Waals surface area contributed by atoms with Gasteiger partial charge in [0, 0.05) is 19.8 Å². The van der Waals surface area contributed by atoms with Gasteiger partial charge in [-0.25, -0.2) is 0 Å². The van der Waals surface area contributed by atoms with Crippen LogP contribution in [0.4, 0.5) is 5.69 Å². The van der Waals surface area contributed by atoms with Crippen LogP contribution >= 0.6 is 0 Å². The average molecular weight is 421 g/mol. The first-order valence-electron chi connectivity index (χ1n) is 9.90. The van der Waals surface area contributed by atoms with Crippen molar-refractivity contribution in [1.82, 2.24) is 4.90 Å². The molecule has 7 nitrogen and oxygen atoms in total. The molecule has 31 heavy (non-hydrogen) atoms. The van der Waals surface area contributed by atoms with Crippen LogP contribution in [0.3, 0.4) is 0 Å². The van der Waals surface area contributed by atoms with Gasteiger partial charge in [-0.3, -0.25) is 9.59 Å². The van der Waals surface area contributed by atoms with Gasteiger partial charge in [0.1, 0.15) is 11.6 Å². The summed E-state index contributed by atoms with van der Waals surface area (Å²) in [6, 6.07) is 14.3. The number of nitrogens with one attached hydrogen (secondary N) is 1. The number of carbonyl (C=O) groups is 2. The van der Waals surface area contributed by atoms with Gasteiger partial charge in [-0.1, -0.05) is 24.3 Å². The van der Waals surface area contributed by atoms with Gasteiger partial charge < -0.3 is 19.7 Å². The van der Waals surface area contributed by atoms with Gasteiger partial charge in [-0.15, -0.1) is 0 Å². The van der Waals surface area contributed by atoms with E-state index in [2.05, 4.69) is 5.32 Å². The van der Waals surface area contributed by atoms with E-state index in [1.54, 1.807) is 45.3 Å². The lowest BCUT2D eigenvalue weighted by atomic mass is 10.1. The highest BCUT2D eigenvalue weighted by atomic mass is 16.5. The maximum absolute atomic E-state index is 12.6. The topological polar surface area (TPSA) is 91.7 Å². The number of hydrogen-bond acceptors (Lipinski definition) is 5. The van der Waals surface area contributed by atoms with Gasteiger partial charge in [0.25, 0.3) is 11.8 Å². The molecule has 0 radical (unpaired) electrons. The van der Waals surface area contributed by atoms with Gasteiger partial charge in [0.2, 0.25) is 0 Å². The molecule has 0 aliphatic carbocycles. The van der Waals surface area contributed by atoms with Gasteiger partial charge >= 0.3 is 0 Å². The Morgan fingerprint density at radius 1 is 1.19 bits per heavy atom. The highest BCUT2D eigenvalue weighted by Crippen LogP contribution is 2.30. The number of ether oxygens (including phenoxy) is 2. The van der Waals surface area contributed by atoms with Crippen molar-refractivity contribution in [3.63, 3.8) is 0 Å². The molecular weight excluding hydrogens is 394 g/mol. The van der Waals surface area contributed by atoms with Crippen molar-refractivity contribution in [2.75, 3.05) is 26.0 Å². The molecule has 0 aliphatic heterocycles. The molecule has 162 valence electrons. The van der Waals surface area contributed by atoms with Crippen LogP contribution in [0, 0.1) is 18.3 Å². The van der Waals surface area contributed by atoms with E-state index >= 15 is 0 Å². The van der Waals surface area contributed by atoms with Crippen molar-refractivity contribution in [2.24, 2.45) is 0 Å². The fourth-order valence-electron chi connectivity index (χ4n) is 2.80. The molecule has 0 fully saturated rings. The summed E-state index contributed by atoms with van der Waals surface area (Å²) in [7, 11) is 3.32. The van der Waals surface area contributed by atoms with Crippen LogP contribution in [0.25, 0.3) is 6.08 Å². The lowest BCUT2D eigenvalue weighted by Crippen LogP contribution is -2.35. The lowest BCUT2D eigenvalue weighted by molar-refractivity contribution is -0.135. The normalized spacial score (nSPS) is 11.8. The molecule has 2 rings (SSSR count). The summed E-state index contributed by atoms with van der Waals surface area (Å²) in [4.78, 5) is 26.1. The highest BCUT2D eigenvalue weighted by Gasteiger charge is 2.19. The van der Waals surface area contributed by atoms with Crippen LogP contribution in [0.1, 0.15) is 25.0 Å². The Morgan fingerprint density at radius 3 is 2.52 bits per heavy atom. The van der Waals surface area contributed by atoms with Crippen LogP contribution < -0.4 is 14.8 Å². The maximum atomic E-state index is 12.6. The molecule has 0 unspecified atom stereocenters. The van der Waals surface area contributed by atoms with E-state index < -0.39 is 12.0 Å². The fourth-order valence-corrected chi connectivity index (χ4v) is 2.80. The largest absolute Gasteiger partial charge is 0.490 e. The summed E-state index contributed by atoms with van der Waals surface area (Å²) in [6.45, 7) is 5.76. The Bertz CT molecular complexity index is 1020. The van der Waals surface area contributed by atoms with Crippen LogP contribution in [0.5, 0.6) is 11.5 Å². The minimum absolute atomic E-state index is 0.0458. The number of amides is 2. The molecule has 7 heteroatoms. The molecule has 1 atom stereocenters. The summed E-state index contributed by atoms with van der Waals surface area (Å²) in [5, 5.41) is 12.2. The number of carbonyl (C=O) groups excluding carboxylic acids is 2. The number of likely N-dealkylation sites (N-methyl/N-ethyl adjacent to an activating group) is 1. The minimum atomic E-state index is -0.690. The second kappa shape index (κ2) is 10.8. The molecule has 1 N–H and O–H groups in total. The molecule has 0 saturated carbocycles. The Kier molecular flexibility index (Phi) is 8.21. The SMILES string of the molecule is CCOc1cc(/C=C(\C#N)C(=O)Nc2ccccc2C)ccc1O[C@@H](C)C(=O)N(C)C. The molecular formula is C24H27N3O4. The monoisotopic (exact) mass is 421 g/mol. The number of hydrogen-bond donors (Lipinski definition) is 1. The second-order valence-electron chi connectivity index (χ2n) is 7.07. The van der Waals surface area contributed by atoms with E-state index in [4.69, 9.17) is 9.47 Å². The van der Waals surface area contributed by atoms with Gasteiger partial charge in [0.15, 0.2) is 17.6 Å². The summed E-state index contributed by atoms with van der Waals surface area (Å²) in [5.74, 6) is 0.155. The van der Waals surface area contributed by atoms with Crippen molar-refractivity contribution in [2.45, 2.75) is 26.9 Å². The third-order valence-electron chi connectivity index (χ3n) is 4.43. The molecule has 0 aromatic heterocycles. The second-order valence-corrected chi connectivity index (χ2v) is 7.07. The number of nitrogens with zero attached hydrogens (tertiary/aromatic N) is 2. The highest BCUT2D eigenvalue weighted by molar-refractivity contribution is 6.10. The summed E-state index contributed by atoms with van der Waals surface area (Å²) in [6.07, 6.45) is 0.791. The molecule has 0 spiro atoms. The minimum Gasteiger partial charge on any atom is -0.490 e. The van der Waals surface area contributed by atoms with E-state index in [1.807, 2.05) is 38.1 Å². The van der Waals surface area contributed by atoms with Gasteiger partial charge in [0.05, 0.1) is 6.61 Å². The number of para-hydroxylation sites is 1. The molecule has 2 aromatic rings. The number of rotatable bonds is 8. The summed E-state index contributed by atoms with van der Waals surface area (Å²) < 4.78 is 11.4. The van der Waals surface area contributed by atoms with Crippen molar-refractivity contribution >= 4 is 23.6 Å². The van der Waals surface area contributed by atoms with Crippen LogP contribution in [0.15, 0.2) is 48.0 Å². The number of benzene rings is 2. The summed E-state index contributed by atoms with van der Waals surface area (Å²) in [5.41, 5.74) is 2.09. The van der Waals surface area contributed by atoms with Crippen molar-refractivity contribution in [3.05, 3.63) is 59.2 Å². The Balaban J connectivity index is 2.28. The Labute approximate surface area is 182 Å². The van der Waals surface area contributed by atoms with Gasteiger partial charge in [-0.05, 0) is 56.2 Å². The first-order valence-corrected chi connectivity index (χ1v) is 9.90. The van der Waals surface area contributed by atoms with Crippen LogP contribution in [0.2, 0.25) is 0 Å². The van der Waals surface area contributed by atoms with E-state index in [-0.39, 0.29) is 11.5 Å². The zero-order valence-electron chi connectivity index (χ0n) is 18.4. The molecule has 0 aliphatic rings. The van der Waals surface area contributed by atoms with E-state index in [1.165, 1.54) is 11.0 Å². The first kappa shape index (κ1) is 23.5. The predicted octanol–water partition coefficient (Wildman–Crippen LogP) is 3.79. The van der Waals surface area contributed by atoms with Crippen LogP contribution in [-0.4, -0.2) is 43.5 Å². The smallest absolute Gasteiger partial charge is 0.266 e. The zero-order valence-corrected chi connectivity index (χ0v) is 18.4. The van der Waals surface area contributed by atoms with Crippen molar-refractivity contribution in [3.8, 4) is 17.6 Å². The predicted molar refractivity (Wildman–Crippen MR) is 120 cm³/mol. The Morgan fingerprint density at radius 2 is 1.90 bits per heavy atom. The summed E-state index contributed by atoms with van der Waals surface area (Å²) >= 11 is 0. The standard InChI is InChI=1S/C24H27N3O4/c1-6-30-22-14-18(11-12-21(22)31-17(3)24(29)27(4)5)13-19(15-25)23(28)26-20-10-8-7-9-16(20)2/h7-14,17H,6H2,1-5H3,(H,26,28)/b19-13+/t17-/m0/s1. The average Bonchev–Trinajstić information content (AvgIpc) is 2.74. The third-order valence-corrected chi connectivity index (χ3v) is 4.43. The molecule has 0 bridgehead atoms. The molecule has 0 saturated heterocycles. The zero-order chi connectivity index (χ0) is 23.0. The van der Waals surface area contributed by atoms with E-state index in [0.717, 1.165) is 5.56 Å². The third kappa shape index (κ3) is 6.34.